The molecule has 0 aliphatic heterocycles. The van der Waals surface area contributed by atoms with E-state index in [-0.39, 0.29) is 10.9 Å². The van der Waals surface area contributed by atoms with E-state index < -0.39 is 0 Å². The van der Waals surface area contributed by atoms with Gasteiger partial charge in [0.2, 0.25) is 0 Å². The third kappa shape index (κ3) is 1.59. The standard InChI is InChI=1S/C7H4BrClN2OS/c8-5-1-2-6(13-5)11-7(9)4(12)3-10-11/h1-3,12H. The smallest absolute Gasteiger partial charge is 0.175 e. The second kappa shape index (κ2) is 3.32. The third-order valence-electron chi connectivity index (χ3n) is 1.46. The van der Waals surface area contributed by atoms with Gasteiger partial charge in [-0.15, -0.1) is 11.3 Å². The topological polar surface area (TPSA) is 38.1 Å². The molecule has 0 saturated carbocycles. The van der Waals surface area contributed by atoms with E-state index in [0.29, 0.717) is 0 Å². The van der Waals surface area contributed by atoms with Crippen LogP contribution in [0.4, 0.5) is 0 Å². The van der Waals surface area contributed by atoms with E-state index in [4.69, 9.17) is 11.6 Å². The van der Waals surface area contributed by atoms with Crippen molar-refractivity contribution in [3.8, 4) is 10.8 Å². The number of hydrogen-bond donors (Lipinski definition) is 1. The lowest BCUT2D eigenvalue weighted by Gasteiger charge is -1.96. The highest BCUT2D eigenvalue weighted by molar-refractivity contribution is 9.11. The van der Waals surface area contributed by atoms with Gasteiger partial charge in [-0.3, -0.25) is 0 Å². The van der Waals surface area contributed by atoms with Crippen LogP contribution in [0.1, 0.15) is 0 Å². The maximum absolute atomic E-state index is 9.19. The Kier molecular flexibility index (Phi) is 2.31. The molecule has 1 N–H and O–H groups in total. The maximum atomic E-state index is 9.19. The Morgan fingerprint density at radius 1 is 1.54 bits per heavy atom. The number of rotatable bonds is 1. The van der Waals surface area contributed by atoms with Crippen LogP contribution in [-0.4, -0.2) is 14.9 Å². The molecule has 2 rings (SSSR count). The fourth-order valence-electron chi connectivity index (χ4n) is 0.897. The van der Waals surface area contributed by atoms with Gasteiger partial charge in [0.1, 0.15) is 5.00 Å². The molecule has 0 spiro atoms. The normalized spacial score (nSPS) is 10.6. The summed E-state index contributed by atoms with van der Waals surface area (Å²) < 4.78 is 2.47. The van der Waals surface area contributed by atoms with Gasteiger partial charge >= 0.3 is 0 Å². The Morgan fingerprint density at radius 3 is 2.77 bits per heavy atom. The molecule has 0 fully saturated rings. The summed E-state index contributed by atoms with van der Waals surface area (Å²) in [5.41, 5.74) is 0. The minimum Gasteiger partial charge on any atom is -0.504 e. The third-order valence-corrected chi connectivity index (χ3v) is 3.41. The Hall–Kier alpha value is -0.520. The number of aromatic hydroxyl groups is 1. The first-order valence-corrected chi connectivity index (χ1v) is 5.35. The average molecular weight is 280 g/mol. The summed E-state index contributed by atoms with van der Waals surface area (Å²) in [6, 6.07) is 3.77. The highest BCUT2D eigenvalue weighted by Gasteiger charge is 2.09. The summed E-state index contributed by atoms with van der Waals surface area (Å²) in [5, 5.41) is 14.2. The number of hydrogen-bond acceptors (Lipinski definition) is 3. The molecule has 3 nitrogen and oxygen atoms in total. The number of thiophene rings is 1. The molecule has 0 aliphatic rings. The van der Waals surface area contributed by atoms with Crippen LogP contribution in [-0.2, 0) is 0 Å². The van der Waals surface area contributed by atoms with Crippen molar-refractivity contribution >= 4 is 38.9 Å². The van der Waals surface area contributed by atoms with Crippen LogP contribution in [0.5, 0.6) is 5.75 Å². The quantitative estimate of drug-likeness (QED) is 0.871. The molecule has 2 heterocycles. The van der Waals surface area contributed by atoms with Gasteiger partial charge in [-0.1, -0.05) is 11.6 Å². The zero-order valence-corrected chi connectivity index (χ0v) is 9.40. The number of halogens is 2. The van der Waals surface area contributed by atoms with E-state index >= 15 is 0 Å². The van der Waals surface area contributed by atoms with Crippen LogP contribution in [0.2, 0.25) is 5.15 Å². The molecule has 13 heavy (non-hydrogen) atoms. The van der Waals surface area contributed by atoms with E-state index in [1.807, 2.05) is 12.1 Å². The van der Waals surface area contributed by atoms with Crippen LogP contribution in [0.25, 0.3) is 5.00 Å². The molecule has 0 aliphatic carbocycles. The van der Waals surface area contributed by atoms with E-state index in [0.717, 1.165) is 8.79 Å². The summed E-state index contributed by atoms with van der Waals surface area (Å²) in [5.74, 6) is -0.00816. The number of aromatic nitrogens is 2. The zero-order chi connectivity index (χ0) is 9.42. The maximum Gasteiger partial charge on any atom is 0.175 e. The van der Waals surface area contributed by atoms with Gasteiger partial charge in [0, 0.05) is 0 Å². The Bertz CT molecular complexity index is 439. The Balaban J connectivity index is 2.52. The Labute approximate surface area is 91.7 Å². The fraction of sp³-hybridized carbons (Fsp3) is 0. The highest BCUT2D eigenvalue weighted by Crippen LogP contribution is 2.30. The van der Waals surface area contributed by atoms with Crippen LogP contribution < -0.4 is 0 Å². The van der Waals surface area contributed by atoms with Gasteiger partial charge in [0.05, 0.1) is 9.98 Å². The largest absolute Gasteiger partial charge is 0.504 e. The predicted octanol–water partition coefficient (Wildman–Crippen LogP) is 3.06. The van der Waals surface area contributed by atoms with Crippen molar-refractivity contribution in [3.63, 3.8) is 0 Å². The van der Waals surface area contributed by atoms with Gasteiger partial charge in [-0.05, 0) is 28.1 Å². The minimum absolute atomic E-state index is 0.00816. The van der Waals surface area contributed by atoms with Crippen molar-refractivity contribution in [2.24, 2.45) is 0 Å². The monoisotopic (exact) mass is 278 g/mol. The van der Waals surface area contributed by atoms with Crippen molar-refractivity contribution in [1.82, 2.24) is 9.78 Å². The molecule has 0 atom stereocenters. The second-order valence-corrected chi connectivity index (χ2v) is 5.11. The van der Waals surface area contributed by atoms with Gasteiger partial charge in [0.15, 0.2) is 10.9 Å². The summed E-state index contributed by atoms with van der Waals surface area (Å²) in [4.78, 5) is 0. The van der Waals surface area contributed by atoms with Gasteiger partial charge in [0.25, 0.3) is 0 Å². The summed E-state index contributed by atoms with van der Waals surface area (Å²) >= 11 is 10.6. The minimum atomic E-state index is -0.00816. The molecule has 0 saturated heterocycles. The lowest BCUT2D eigenvalue weighted by molar-refractivity contribution is 0.475. The SMILES string of the molecule is Oc1cnn(-c2ccc(Br)s2)c1Cl. The molecule has 6 heteroatoms. The highest BCUT2D eigenvalue weighted by atomic mass is 79.9. The Morgan fingerprint density at radius 2 is 2.31 bits per heavy atom. The molecular weight excluding hydrogens is 276 g/mol. The molecule has 0 amide bonds. The van der Waals surface area contributed by atoms with Crippen molar-refractivity contribution < 1.29 is 5.11 Å². The molecule has 68 valence electrons. The number of nitrogens with zero attached hydrogens (tertiary/aromatic N) is 2. The van der Waals surface area contributed by atoms with E-state index in [2.05, 4.69) is 21.0 Å². The predicted molar refractivity (Wildman–Crippen MR) is 55.8 cm³/mol. The van der Waals surface area contributed by atoms with Crippen molar-refractivity contribution in [2.75, 3.05) is 0 Å². The van der Waals surface area contributed by atoms with E-state index in [9.17, 15) is 5.11 Å². The summed E-state index contributed by atoms with van der Waals surface area (Å²) in [6.45, 7) is 0. The molecular formula is C7H4BrClN2OS. The van der Waals surface area contributed by atoms with Gasteiger partial charge in [-0.25, -0.2) is 4.68 Å². The second-order valence-electron chi connectivity index (χ2n) is 2.31. The molecule has 0 bridgehead atoms. The van der Waals surface area contributed by atoms with E-state index in [1.165, 1.54) is 22.2 Å². The first-order valence-electron chi connectivity index (χ1n) is 3.36. The average Bonchev–Trinajstić information content (AvgIpc) is 2.62. The van der Waals surface area contributed by atoms with Crippen molar-refractivity contribution in [1.29, 1.82) is 0 Å². The lowest BCUT2D eigenvalue weighted by Crippen LogP contribution is -1.91. The van der Waals surface area contributed by atoms with Crippen molar-refractivity contribution in [2.45, 2.75) is 0 Å². The summed E-state index contributed by atoms with van der Waals surface area (Å²) in [7, 11) is 0. The van der Waals surface area contributed by atoms with Gasteiger partial charge in [-0.2, -0.15) is 5.10 Å². The molecule has 0 aromatic carbocycles. The summed E-state index contributed by atoms with van der Waals surface area (Å²) in [6.07, 6.45) is 1.32. The van der Waals surface area contributed by atoms with Gasteiger partial charge < -0.3 is 5.11 Å². The molecule has 2 aromatic rings. The van der Waals surface area contributed by atoms with Crippen LogP contribution in [0.15, 0.2) is 22.1 Å². The van der Waals surface area contributed by atoms with Crippen molar-refractivity contribution in [3.05, 3.63) is 27.3 Å². The van der Waals surface area contributed by atoms with E-state index in [1.54, 1.807) is 0 Å². The molecule has 0 unspecified atom stereocenters. The zero-order valence-electron chi connectivity index (χ0n) is 6.24. The molecule has 0 radical (unpaired) electrons. The van der Waals surface area contributed by atoms with Crippen LogP contribution in [0, 0.1) is 0 Å². The first-order chi connectivity index (χ1) is 6.18. The molecule has 2 aromatic heterocycles. The van der Waals surface area contributed by atoms with Crippen LogP contribution >= 0.6 is 38.9 Å². The lowest BCUT2D eigenvalue weighted by atomic mass is 10.6. The first kappa shape index (κ1) is 9.05. The van der Waals surface area contributed by atoms with Crippen LogP contribution in [0.3, 0.4) is 0 Å². The fourth-order valence-corrected chi connectivity index (χ4v) is 2.46.